The molecule has 0 fully saturated rings. The first-order valence-corrected chi connectivity index (χ1v) is 6.04. The maximum absolute atomic E-state index is 12.1. The summed E-state index contributed by atoms with van der Waals surface area (Å²) in [5.74, 6) is -0.260. The van der Waals surface area contributed by atoms with Crippen molar-refractivity contribution >= 4 is 5.97 Å². The summed E-state index contributed by atoms with van der Waals surface area (Å²) < 4.78 is 0. The molecule has 3 heteroatoms. The maximum Gasteiger partial charge on any atom is 0.357 e. The van der Waals surface area contributed by atoms with E-state index in [1.165, 1.54) is 5.56 Å². The number of nitrogens with zero attached hydrogens (tertiary/aromatic N) is 1. The monoisotopic (exact) mass is 235 g/mol. The van der Waals surface area contributed by atoms with Crippen molar-refractivity contribution in [3.05, 3.63) is 34.4 Å². The van der Waals surface area contributed by atoms with E-state index >= 15 is 0 Å². The third-order valence-corrected chi connectivity index (χ3v) is 2.80. The molecular weight excluding hydrogens is 214 g/mol. The number of aryl methyl sites for hydroxylation is 3. The summed E-state index contributed by atoms with van der Waals surface area (Å²) in [6, 6.07) is 4.01. The van der Waals surface area contributed by atoms with Crippen LogP contribution in [0.15, 0.2) is 12.1 Å². The van der Waals surface area contributed by atoms with E-state index in [1.54, 1.807) is 5.06 Å². The molecule has 0 atom stereocenters. The molecule has 0 aliphatic rings. The highest BCUT2D eigenvalue weighted by molar-refractivity contribution is 5.92. The molecule has 0 saturated carbocycles. The molecule has 1 rings (SSSR count). The predicted molar refractivity (Wildman–Crippen MR) is 69.0 cm³/mol. The number of carbonyl (C=O) groups is 1. The second-order valence-electron chi connectivity index (χ2n) is 4.27. The Morgan fingerprint density at radius 3 is 2.00 bits per heavy atom. The fourth-order valence-corrected chi connectivity index (χ4v) is 2.02. The van der Waals surface area contributed by atoms with Gasteiger partial charge >= 0.3 is 5.97 Å². The summed E-state index contributed by atoms with van der Waals surface area (Å²) in [6.07, 6.45) is 0. The zero-order valence-electron chi connectivity index (χ0n) is 11.3. The fraction of sp³-hybridized carbons (Fsp3) is 0.500. The van der Waals surface area contributed by atoms with E-state index in [-0.39, 0.29) is 5.97 Å². The Morgan fingerprint density at radius 2 is 1.59 bits per heavy atom. The van der Waals surface area contributed by atoms with Crippen molar-refractivity contribution in [2.75, 3.05) is 13.1 Å². The Balaban J connectivity index is 2.96. The number of rotatable bonds is 4. The van der Waals surface area contributed by atoms with Gasteiger partial charge in [-0.15, -0.1) is 5.06 Å². The Kier molecular flexibility index (Phi) is 4.70. The van der Waals surface area contributed by atoms with Crippen molar-refractivity contribution in [3.63, 3.8) is 0 Å². The standard InChI is InChI=1S/C14H21NO2/c1-6-15(7-2)17-14(16)13-11(4)8-10(3)9-12(13)5/h8-9H,6-7H2,1-5H3. The van der Waals surface area contributed by atoms with Crippen LogP contribution in [0.2, 0.25) is 0 Å². The largest absolute Gasteiger partial charge is 0.364 e. The molecule has 0 aliphatic carbocycles. The fourth-order valence-electron chi connectivity index (χ4n) is 2.02. The predicted octanol–water partition coefficient (Wildman–Crippen LogP) is 3.03. The van der Waals surface area contributed by atoms with E-state index < -0.39 is 0 Å². The van der Waals surface area contributed by atoms with Crippen LogP contribution in [0.1, 0.15) is 40.9 Å². The van der Waals surface area contributed by atoms with Crippen LogP contribution in [0, 0.1) is 20.8 Å². The molecule has 0 bridgehead atoms. The third-order valence-electron chi connectivity index (χ3n) is 2.80. The van der Waals surface area contributed by atoms with Crippen molar-refractivity contribution in [3.8, 4) is 0 Å². The molecule has 1 aromatic carbocycles. The SMILES string of the molecule is CCN(CC)OC(=O)c1c(C)cc(C)cc1C. The first-order chi connectivity index (χ1) is 7.99. The molecule has 0 amide bonds. The number of benzene rings is 1. The van der Waals surface area contributed by atoms with E-state index in [1.807, 2.05) is 46.8 Å². The van der Waals surface area contributed by atoms with Gasteiger partial charge in [0, 0.05) is 13.1 Å². The molecule has 0 spiro atoms. The van der Waals surface area contributed by atoms with Gasteiger partial charge < -0.3 is 4.84 Å². The van der Waals surface area contributed by atoms with Crippen LogP contribution in [0.25, 0.3) is 0 Å². The molecule has 17 heavy (non-hydrogen) atoms. The van der Waals surface area contributed by atoms with Crippen LogP contribution >= 0.6 is 0 Å². The summed E-state index contributed by atoms with van der Waals surface area (Å²) in [5.41, 5.74) is 3.79. The molecule has 0 unspecified atom stereocenters. The highest BCUT2D eigenvalue weighted by Crippen LogP contribution is 2.17. The van der Waals surface area contributed by atoms with Gasteiger partial charge in [0.25, 0.3) is 0 Å². The van der Waals surface area contributed by atoms with Gasteiger partial charge in [-0.05, 0) is 45.7 Å². The number of hydrogen-bond acceptors (Lipinski definition) is 3. The average Bonchev–Trinajstić information content (AvgIpc) is 2.24. The summed E-state index contributed by atoms with van der Waals surface area (Å²) in [4.78, 5) is 17.4. The van der Waals surface area contributed by atoms with E-state index in [4.69, 9.17) is 4.84 Å². The highest BCUT2D eigenvalue weighted by Gasteiger charge is 2.16. The molecule has 94 valence electrons. The molecule has 0 aliphatic heterocycles. The maximum atomic E-state index is 12.1. The van der Waals surface area contributed by atoms with Gasteiger partial charge in [-0.1, -0.05) is 17.7 Å². The topological polar surface area (TPSA) is 29.5 Å². The number of carbonyl (C=O) groups excluding carboxylic acids is 1. The summed E-state index contributed by atoms with van der Waals surface area (Å²) in [7, 11) is 0. The third kappa shape index (κ3) is 3.30. The lowest BCUT2D eigenvalue weighted by Crippen LogP contribution is -2.27. The zero-order chi connectivity index (χ0) is 13.0. The second-order valence-corrected chi connectivity index (χ2v) is 4.27. The Bertz CT molecular complexity index is 386. The molecule has 1 aromatic rings. The lowest BCUT2D eigenvalue weighted by Gasteiger charge is -2.18. The van der Waals surface area contributed by atoms with Crippen molar-refractivity contribution < 1.29 is 9.63 Å². The van der Waals surface area contributed by atoms with Crippen LogP contribution in [0.3, 0.4) is 0 Å². The van der Waals surface area contributed by atoms with Gasteiger partial charge in [0.1, 0.15) is 0 Å². The minimum atomic E-state index is -0.260. The van der Waals surface area contributed by atoms with E-state index in [2.05, 4.69) is 0 Å². The van der Waals surface area contributed by atoms with E-state index in [0.29, 0.717) is 18.7 Å². The van der Waals surface area contributed by atoms with Gasteiger partial charge in [0.2, 0.25) is 0 Å². The van der Waals surface area contributed by atoms with E-state index in [0.717, 1.165) is 11.1 Å². The van der Waals surface area contributed by atoms with Crippen molar-refractivity contribution in [2.24, 2.45) is 0 Å². The zero-order valence-corrected chi connectivity index (χ0v) is 11.3. The first kappa shape index (κ1) is 13.7. The molecule has 3 nitrogen and oxygen atoms in total. The van der Waals surface area contributed by atoms with Crippen LogP contribution < -0.4 is 0 Å². The Morgan fingerprint density at radius 1 is 1.12 bits per heavy atom. The number of hydroxylamine groups is 2. The van der Waals surface area contributed by atoms with Crippen molar-refractivity contribution in [1.82, 2.24) is 5.06 Å². The van der Waals surface area contributed by atoms with Gasteiger partial charge in [-0.3, -0.25) is 0 Å². The first-order valence-electron chi connectivity index (χ1n) is 6.04. The quantitative estimate of drug-likeness (QED) is 0.751. The summed E-state index contributed by atoms with van der Waals surface area (Å²) in [5, 5.41) is 1.65. The molecule has 0 saturated heterocycles. The van der Waals surface area contributed by atoms with Crippen LogP contribution in [0.4, 0.5) is 0 Å². The number of hydrogen-bond donors (Lipinski definition) is 0. The van der Waals surface area contributed by atoms with Crippen molar-refractivity contribution in [2.45, 2.75) is 34.6 Å². The Hall–Kier alpha value is -1.35. The molecule has 0 heterocycles. The normalized spacial score (nSPS) is 10.7. The van der Waals surface area contributed by atoms with Gasteiger partial charge in [-0.2, -0.15) is 0 Å². The highest BCUT2D eigenvalue weighted by atomic mass is 16.7. The molecule has 0 radical (unpaired) electrons. The minimum absolute atomic E-state index is 0.260. The average molecular weight is 235 g/mol. The lowest BCUT2D eigenvalue weighted by molar-refractivity contribution is -0.103. The molecule has 0 N–H and O–H groups in total. The Labute approximate surface area is 103 Å². The van der Waals surface area contributed by atoms with Gasteiger partial charge in [-0.25, -0.2) is 4.79 Å². The van der Waals surface area contributed by atoms with Crippen LogP contribution in [-0.4, -0.2) is 24.1 Å². The second kappa shape index (κ2) is 5.82. The smallest absolute Gasteiger partial charge is 0.357 e. The molecular formula is C14H21NO2. The van der Waals surface area contributed by atoms with Crippen LogP contribution in [-0.2, 0) is 4.84 Å². The van der Waals surface area contributed by atoms with Gasteiger partial charge in [0.15, 0.2) is 0 Å². The van der Waals surface area contributed by atoms with E-state index in [9.17, 15) is 4.79 Å². The van der Waals surface area contributed by atoms with Gasteiger partial charge in [0.05, 0.1) is 5.56 Å². The summed E-state index contributed by atoms with van der Waals surface area (Å²) >= 11 is 0. The summed E-state index contributed by atoms with van der Waals surface area (Å²) in [6.45, 7) is 11.2. The van der Waals surface area contributed by atoms with Crippen molar-refractivity contribution in [1.29, 1.82) is 0 Å². The lowest BCUT2D eigenvalue weighted by atomic mass is 10.0. The minimum Gasteiger partial charge on any atom is -0.364 e. The van der Waals surface area contributed by atoms with Crippen LogP contribution in [0.5, 0.6) is 0 Å². The molecule has 0 aromatic heterocycles.